The smallest absolute Gasteiger partial charge is 0.223 e. The molecular weight excluding hydrogens is 372 g/mol. The Morgan fingerprint density at radius 3 is 2.43 bits per heavy atom. The molecule has 0 bridgehead atoms. The fourth-order valence-electron chi connectivity index (χ4n) is 4.72. The molecule has 0 radical (unpaired) electrons. The molecule has 1 aliphatic carbocycles. The molecule has 0 atom stereocenters. The SMILES string of the molecule is CN(Cc1ccccc1N1CCCC1)C(=O)CCC(=O)c1ccc2c(c1)CCCC2. The maximum atomic E-state index is 12.7. The number of fused-ring (bicyclic) bond motifs is 1. The van der Waals surface area contributed by atoms with Crippen LogP contribution in [0.25, 0.3) is 0 Å². The second-order valence-corrected chi connectivity index (χ2v) is 8.69. The average molecular weight is 405 g/mol. The molecule has 0 N–H and O–H groups in total. The molecule has 1 amide bonds. The van der Waals surface area contributed by atoms with Crippen LogP contribution in [0.15, 0.2) is 42.5 Å². The van der Waals surface area contributed by atoms with Crippen LogP contribution in [0.1, 0.15) is 65.6 Å². The van der Waals surface area contributed by atoms with Gasteiger partial charge in [0, 0.05) is 50.8 Å². The van der Waals surface area contributed by atoms with Crippen molar-refractivity contribution in [1.82, 2.24) is 4.90 Å². The number of hydrogen-bond donors (Lipinski definition) is 0. The lowest BCUT2D eigenvalue weighted by atomic mass is 9.89. The normalized spacial score (nSPS) is 15.7. The van der Waals surface area contributed by atoms with E-state index in [0.29, 0.717) is 6.54 Å². The fraction of sp³-hybridized carbons (Fsp3) is 0.462. The lowest BCUT2D eigenvalue weighted by Crippen LogP contribution is -2.28. The van der Waals surface area contributed by atoms with Crippen LogP contribution in [-0.2, 0) is 24.2 Å². The summed E-state index contributed by atoms with van der Waals surface area (Å²) < 4.78 is 0. The topological polar surface area (TPSA) is 40.6 Å². The quantitative estimate of drug-likeness (QED) is 0.623. The first-order chi connectivity index (χ1) is 14.6. The molecule has 1 saturated heterocycles. The molecule has 0 saturated carbocycles. The largest absolute Gasteiger partial charge is 0.371 e. The molecule has 2 aromatic carbocycles. The number of amides is 1. The average Bonchev–Trinajstić information content (AvgIpc) is 3.32. The zero-order valence-electron chi connectivity index (χ0n) is 18.0. The van der Waals surface area contributed by atoms with E-state index < -0.39 is 0 Å². The summed E-state index contributed by atoms with van der Waals surface area (Å²) in [6, 6.07) is 14.5. The van der Waals surface area contributed by atoms with Gasteiger partial charge in [-0.1, -0.05) is 30.3 Å². The van der Waals surface area contributed by atoms with E-state index in [2.05, 4.69) is 35.2 Å². The van der Waals surface area contributed by atoms with Crippen LogP contribution in [0.2, 0.25) is 0 Å². The van der Waals surface area contributed by atoms with Crippen molar-refractivity contribution in [2.24, 2.45) is 0 Å². The van der Waals surface area contributed by atoms with Gasteiger partial charge in [-0.2, -0.15) is 0 Å². The van der Waals surface area contributed by atoms with Crippen molar-refractivity contribution in [3.63, 3.8) is 0 Å². The van der Waals surface area contributed by atoms with E-state index >= 15 is 0 Å². The monoisotopic (exact) mass is 404 g/mol. The molecule has 1 aliphatic heterocycles. The van der Waals surface area contributed by atoms with Crippen molar-refractivity contribution in [2.45, 2.75) is 57.9 Å². The highest BCUT2D eigenvalue weighted by Gasteiger charge is 2.19. The van der Waals surface area contributed by atoms with E-state index in [9.17, 15) is 9.59 Å². The molecule has 1 fully saturated rings. The number of ketones is 1. The summed E-state index contributed by atoms with van der Waals surface area (Å²) in [7, 11) is 1.84. The Kier molecular flexibility index (Phi) is 6.51. The van der Waals surface area contributed by atoms with Gasteiger partial charge in [0.25, 0.3) is 0 Å². The Balaban J connectivity index is 1.34. The van der Waals surface area contributed by atoms with Crippen molar-refractivity contribution in [3.8, 4) is 0 Å². The molecule has 30 heavy (non-hydrogen) atoms. The third kappa shape index (κ3) is 4.75. The molecule has 158 valence electrons. The van der Waals surface area contributed by atoms with Gasteiger partial charge in [0.15, 0.2) is 5.78 Å². The van der Waals surface area contributed by atoms with E-state index in [1.807, 2.05) is 19.2 Å². The summed E-state index contributed by atoms with van der Waals surface area (Å²) in [5, 5.41) is 0. The van der Waals surface area contributed by atoms with Crippen LogP contribution < -0.4 is 4.90 Å². The maximum absolute atomic E-state index is 12.7. The summed E-state index contributed by atoms with van der Waals surface area (Å²) >= 11 is 0. The van der Waals surface area contributed by atoms with Crippen LogP contribution in [-0.4, -0.2) is 36.7 Å². The zero-order valence-corrected chi connectivity index (χ0v) is 18.0. The zero-order chi connectivity index (χ0) is 20.9. The van der Waals surface area contributed by atoms with E-state index in [0.717, 1.165) is 31.5 Å². The third-order valence-electron chi connectivity index (χ3n) is 6.51. The van der Waals surface area contributed by atoms with Gasteiger partial charge in [-0.25, -0.2) is 0 Å². The predicted molar refractivity (Wildman–Crippen MR) is 121 cm³/mol. The van der Waals surface area contributed by atoms with E-state index in [1.54, 1.807) is 4.90 Å². The first-order valence-corrected chi connectivity index (χ1v) is 11.3. The van der Waals surface area contributed by atoms with Gasteiger partial charge in [-0.15, -0.1) is 0 Å². The van der Waals surface area contributed by atoms with Gasteiger partial charge in [0.05, 0.1) is 0 Å². The summed E-state index contributed by atoms with van der Waals surface area (Å²) in [5.74, 6) is 0.0973. The number of anilines is 1. The predicted octanol–water partition coefficient (Wildman–Crippen LogP) is 4.79. The van der Waals surface area contributed by atoms with Crippen molar-refractivity contribution in [1.29, 1.82) is 0 Å². The van der Waals surface area contributed by atoms with Gasteiger partial charge in [-0.3, -0.25) is 9.59 Å². The number of benzene rings is 2. The van der Waals surface area contributed by atoms with Gasteiger partial charge >= 0.3 is 0 Å². The minimum atomic E-state index is 0.0255. The number of para-hydroxylation sites is 1. The number of hydrogen-bond acceptors (Lipinski definition) is 3. The third-order valence-corrected chi connectivity index (χ3v) is 6.51. The van der Waals surface area contributed by atoms with Crippen LogP contribution in [0.4, 0.5) is 5.69 Å². The van der Waals surface area contributed by atoms with E-state index in [-0.39, 0.29) is 24.5 Å². The highest BCUT2D eigenvalue weighted by molar-refractivity contribution is 5.98. The molecule has 4 nitrogen and oxygen atoms in total. The summed E-state index contributed by atoms with van der Waals surface area (Å²) in [6.07, 6.45) is 7.62. The minimum absolute atomic E-state index is 0.0255. The number of carbonyl (C=O) groups excluding carboxylic acids is 2. The molecule has 0 spiro atoms. The number of carbonyl (C=O) groups is 2. The Bertz CT molecular complexity index is 915. The molecule has 1 heterocycles. The van der Waals surface area contributed by atoms with Gasteiger partial charge in [0.2, 0.25) is 5.91 Å². The van der Waals surface area contributed by atoms with Crippen molar-refractivity contribution < 1.29 is 9.59 Å². The summed E-state index contributed by atoms with van der Waals surface area (Å²) in [6.45, 7) is 2.76. The second kappa shape index (κ2) is 9.46. The molecule has 0 unspecified atom stereocenters. The van der Waals surface area contributed by atoms with Crippen molar-refractivity contribution in [3.05, 3.63) is 64.7 Å². The maximum Gasteiger partial charge on any atom is 0.223 e. The Morgan fingerprint density at radius 1 is 0.900 bits per heavy atom. The Hall–Kier alpha value is -2.62. The Morgan fingerprint density at radius 2 is 1.63 bits per heavy atom. The lowest BCUT2D eigenvalue weighted by molar-refractivity contribution is -0.130. The first kappa shape index (κ1) is 20.6. The molecule has 4 rings (SSSR count). The number of nitrogens with zero attached hydrogens (tertiary/aromatic N) is 2. The van der Waals surface area contributed by atoms with E-state index in [4.69, 9.17) is 0 Å². The van der Waals surface area contributed by atoms with Crippen molar-refractivity contribution >= 4 is 17.4 Å². The van der Waals surface area contributed by atoms with Crippen LogP contribution in [0.5, 0.6) is 0 Å². The first-order valence-electron chi connectivity index (χ1n) is 11.3. The van der Waals surface area contributed by atoms with Crippen LogP contribution in [0.3, 0.4) is 0 Å². The molecule has 2 aromatic rings. The number of aryl methyl sites for hydroxylation is 2. The van der Waals surface area contributed by atoms with Crippen LogP contribution >= 0.6 is 0 Å². The Labute approximate surface area is 179 Å². The standard InChI is InChI=1S/C26H32N2O2/c1-27(19-23-10-4-5-11-24(23)28-16-6-7-17-28)26(30)15-14-25(29)22-13-12-20-8-2-3-9-21(20)18-22/h4-5,10-13,18H,2-3,6-9,14-17,19H2,1H3. The highest BCUT2D eigenvalue weighted by Crippen LogP contribution is 2.26. The van der Waals surface area contributed by atoms with Gasteiger partial charge < -0.3 is 9.80 Å². The summed E-state index contributed by atoms with van der Waals surface area (Å²) in [4.78, 5) is 29.5. The fourth-order valence-corrected chi connectivity index (χ4v) is 4.72. The van der Waals surface area contributed by atoms with E-state index in [1.165, 1.54) is 48.1 Å². The molecular formula is C26H32N2O2. The molecule has 2 aliphatic rings. The highest BCUT2D eigenvalue weighted by atomic mass is 16.2. The van der Waals surface area contributed by atoms with Gasteiger partial charge in [-0.05, 0) is 67.3 Å². The minimum Gasteiger partial charge on any atom is -0.371 e. The molecule has 0 aromatic heterocycles. The van der Waals surface area contributed by atoms with Crippen molar-refractivity contribution in [2.75, 3.05) is 25.0 Å². The molecule has 4 heteroatoms. The van der Waals surface area contributed by atoms with Crippen LogP contribution in [0, 0.1) is 0 Å². The number of Topliss-reactive ketones (excluding diaryl/α,β-unsaturated/α-hetero) is 1. The number of rotatable bonds is 7. The summed E-state index contributed by atoms with van der Waals surface area (Å²) in [5.41, 5.74) is 5.86. The lowest BCUT2D eigenvalue weighted by Gasteiger charge is -2.24. The van der Waals surface area contributed by atoms with Gasteiger partial charge in [0.1, 0.15) is 0 Å². The second-order valence-electron chi connectivity index (χ2n) is 8.69.